The lowest BCUT2D eigenvalue weighted by molar-refractivity contribution is -0.122. The van der Waals surface area contributed by atoms with Crippen LogP contribution in [-0.4, -0.2) is 30.5 Å². The minimum absolute atomic E-state index is 0.0113. The number of halogens is 1. The van der Waals surface area contributed by atoms with Crippen LogP contribution in [0.2, 0.25) is 0 Å². The van der Waals surface area contributed by atoms with Crippen molar-refractivity contribution < 1.29 is 9.18 Å². The summed E-state index contributed by atoms with van der Waals surface area (Å²) in [5.41, 5.74) is 6.92. The number of amides is 1. The van der Waals surface area contributed by atoms with Gasteiger partial charge in [0.15, 0.2) is 0 Å². The van der Waals surface area contributed by atoms with Crippen LogP contribution in [0.4, 0.5) is 4.39 Å². The number of rotatable bonds is 7. The molecule has 5 heteroatoms. The molecule has 20 heavy (non-hydrogen) atoms. The number of benzene rings is 1. The maximum absolute atomic E-state index is 12.9. The molecular weight excluding hydrogens is 275 g/mol. The molecule has 3 nitrogen and oxygen atoms in total. The minimum atomic E-state index is -0.438. The summed E-state index contributed by atoms with van der Waals surface area (Å²) in [7, 11) is 0. The number of thioether (sulfide) groups is 1. The minimum Gasteiger partial charge on any atom is -0.354 e. The van der Waals surface area contributed by atoms with E-state index in [0.717, 1.165) is 24.2 Å². The number of hydrogen-bond donors (Lipinski definition) is 2. The number of carbonyl (C=O) groups excluding carboxylic acids is 1. The van der Waals surface area contributed by atoms with E-state index in [1.807, 2.05) is 18.4 Å². The smallest absolute Gasteiger partial charge is 0.236 e. The van der Waals surface area contributed by atoms with Crippen molar-refractivity contribution in [1.29, 1.82) is 0 Å². The van der Waals surface area contributed by atoms with Crippen LogP contribution in [0, 0.1) is 5.82 Å². The number of nitrogens with two attached hydrogens (primary N) is 1. The molecule has 3 N–H and O–H groups in total. The topological polar surface area (TPSA) is 55.1 Å². The van der Waals surface area contributed by atoms with Crippen LogP contribution in [0.1, 0.15) is 24.8 Å². The molecule has 0 spiro atoms. The fourth-order valence-electron chi connectivity index (χ4n) is 2.29. The van der Waals surface area contributed by atoms with E-state index in [-0.39, 0.29) is 17.1 Å². The van der Waals surface area contributed by atoms with Gasteiger partial charge in [0.25, 0.3) is 0 Å². The van der Waals surface area contributed by atoms with Gasteiger partial charge < -0.3 is 11.1 Å². The second kappa shape index (κ2) is 6.59. The second-order valence-electron chi connectivity index (χ2n) is 5.39. The first-order valence-corrected chi connectivity index (χ1v) is 8.25. The summed E-state index contributed by atoms with van der Waals surface area (Å²) in [6, 6.07) is 6.12. The van der Waals surface area contributed by atoms with E-state index < -0.39 is 6.04 Å². The third-order valence-electron chi connectivity index (χ3n) is 3.88. The molecular formula is C15H21FN2OS. The Morgan fingerprint density at radius 2 is 2.10 bits per heavy atom. The van der Waals surface area contributed by atoms with Gasteiger partial charge in [-0.3, -0.25) is 4.79 Å². The number of carbonyl (C=O) groups is 1. The Hall–Kier alpha value is -1.07. The lowest BCUT2D eigenvalue weighted by atomic mass is 9.96. The predicted molar refractivity (Wildman–Crippen MR) is 81.3 cm³/mol. The van der Waals surface area contributed by atoms with Crippen LogP contribution in [0.25, 0.3) is 0 Å². The first-order chi connectivity index (χ1) is 9.57. The van der Waals surface area contributed by atoms with Crippen molar-refractivity contribution in [3.63, 3.8) is 0 Å². The van der Waals surface area contributed by atoms with Gasteiger partial charge in [-0.1, -0.05) is 12.1 Å². The van der Waals surface area contributed by atoms with Gasteiger partial charge in [0, 0.05) is 12.0 Å². The molecule has 0 aliphatic heterocycles. The van der Waals surface area contributed by atoms with E-state index in [9.17, 15) is 9.18 Å². The van der Waals surface area contributed by atoms with Crippen LogP contribution in [-0.2, 0) is 10.2 Å². The van der Waals surface area contributed by atoms with Crippen molar-refractivity contribution in [2.45, 2.75) is 30.7 Å². The zero-order chi connectivity index (χ0) is 14.6. The third-order valence-corrected chi connectivity index (χ3v) is 4.52. The van der Waals surface area contributed by atoms with E-state index in [1.54, 1.807) is 11.8 Å². The van der Waals surface area contributed by atoms with Crippen LogP contribution in [0.3, 0.4) is 0 Å². The van der Waals surface area contributed by atoms with Crippen molar-refractivity contribution in [3.05, 3.63) is 35.6 Å². The maximum Gasteiger partial charge on any atom is 0.236 e. The largest absolute Gasteiger partial charge is 0.354 e. The highest BCUT2D eigenvalue weighted by Crippen LogP contribution is 2.47. The van der Waals surface area contributed by atoms with Gasteiger partial charge in [-0.05, 0) is 49.0 Å². The molecule has 0 unspecified atom stereocenters. The van der Waals surface area contributed by atoms with Gasteiger partial charge in [-0.15, -0.1) is 0 Å². The Bertz CT molecular complexity index is 459. The first kappa shape index (κ1) is 15.3. The van der Waals surface area contributed by atoms with Crippen LogP contribution >= 0.6 is 11.8 Å². The summed E-state index contributed by atoms with van der Waals surface area (Å²) in [5, 5.41) is 2.94. The van der Waals surface area contributed by atoms with E-state index in [2.05, 4.69) is 5.32 Å². The lowest BCUT2D eigenvalue weighted by Crippen LogP contribution is -2.43. The van der Waals surface area contributed by atoms with Crippen LogP contribution < -0.4 is 11.1 Å². The quantitative estimate of drug-likeness (QED) is 0.810. The van der Waals surface area contributed by atoms with Crippen molar-refractivity contribution >= 4 is 17.7 Å². The van der Waals surface area contributed by atoms with Gasteiger partial charge in [0.05, 0.1) is 6.04 Å². The van der Waals surface area contributed by atoms with Gasteiger partial charge in [-0.2, -0.15) is 11.8 Å². The molecule has 1 saturated carbocycles. The molecule has 2 rings (SSSR count). The summed E-state index contributed by atoms with van der Waals surface area (Å²) < 4.78 is 12.9. The van der Waals surface area contributed by atoms with Crippen molar-refractivity contribution in [2.24, 2.45) is 5.73 Å². The molecule has 1 aromatic carbocycles. The van der Waals surface area contributed by atoms with Crippen molar-refractivity contribution in [2.75, 3.05) is 18.6 Å². The van der Waals surface area contributed by atoms with Crippen LogP contribution in [0.15, 0.2) is 24.3 Å². The molecule has 1 aliphatic carbocycles. The highest BCUT2D eigenvalue weighted by Gasteiger charge is 2.44. The highest BCUT2D eigenvalue weighted by molar-refractivity contribution is 7.98. The fourth-order valence-corrected chi connectivity index (χ4v) is 2.77. The first-order valence-electron chi connectivity index (χ1n) is 6.86. The van der Waals surface area contributed by atoms with Crippen molar-refractivity contribution in [3.8, 4) is 0 Å². The Kier molecular flexibility index (Phi) is 5.05. The maximum atomic E-state index is 12.9. The van der Waals surface area contributed by atoms with E-state index in [1.165, 1.54) is 12.1 Å². The second-order valence-corrected chi connectivity index (χ2v) is 6.38. The number of hydrogen-bond acceptors (Lipinski definition) is 3. The van der Waals surface area contributed by atoms with Gasteiger partial charge in [-0.25, -0.2) is 4.39 Å². The molecule has 0 radical (unpaired) electrons. The predicted octanol–water partition coefficient (Wildman–Crippen LogP) is 2.05. The molecule has 110 valence electrons. The molecule has 1 fully saturated rings. The molecule has 1 amide bonds. The average molecular weight is 296 g/mol. The Morgan fingerprint density at radius 3 is 2.65 bits per heavy atom. The standard InChI is InChI=1S/C15H21FN2OS/c1-20-9-6-13(17)14(19)18-10-15(7-8-15)11-2-4-12(16)5-3-11/h2-5,13H,6-10,17H2,1H3,(H,18,19)/t13-/m0/s1. The Balaban J connectivity index is 1.87. The summed E-state index contributed by atoms with van der Waals surface area (Å²) in [5.74, 6) is 0.567. The molecule has 0 aromatic heterocycles. The van der Waals surface area contributed by atoms with Crippen LogP contribution in [0.5, 0.6) is 0 Å². The van der Waals surface area contributed by atoms with Crippen molar-refractivity contribution in [1.82, 2.24) is 5.32 Å². The Labute approximate surface area is 123 Å². The zero-order valence-corrected chi connectivity index (χ0v) is 12.5. The van der Waals surface area contributed by atoms with Gasteiger partial charge in [0.1, 0.15) is 5.82 Å². The lowest BCUT2D eigenvalue weighted by Gasteiger charge is -2.18. The highest BCUT2D eigenvalue weighted by atomic mass is 32.2. The van der Waals surface area contributed by atoms with E-state index in [0.29, 0.717) is 13.0 Å². The zero-order valence-electron chi connectivity index (χ0n) is 11.7. The van der Waals surface area contributed by atoms with Gasteiger partial charge >= 0.3 is 0 Å². The summed E-state index contributed by atoms with van der Waals surface area (Å²) in [6.07, 6.45) is 4.74. The summed E-state index contributed by atoms with van der Waals surface area (Å²) in [6.45, 7) is 0.588. The summed E-state index contributed by atoms with van der Waals surface area (Å²) in [4.78, 5) is 11.9. The molecule has 0 saturated heterocycles. The third kappa shape index (κ3) is 3.73. The normalized spacial score (nSPS) is 17.6. The average Bonchev–Trinajstić information content (AvgIpc) is 3.24. The van der Waals surface area contributed by atoms with E-state index in [4.69, 9.17) is 5.73 Å². The molecule has 1 aromatic rings. The molecule has 0 bridgehead atoms. The molecule has 1 atom stereocenters. The monoisotopic (exact) mass is 296 g/mol. The summed E-state index contributed by atoms with van der Waals surface area (Å²) >= 11 is 1.69. The molecule has 0 heterocycles. The SMILES string of the molecule is CSCC[C@H](N)C(=O)NCC1(c2ccc(F)cc2)CC1. The Morgan fingerprint density at radius 1 is 1.45 bits per heavy atom. The van der Waals surface area contributed by atoms with E-state index >= 15 is 0 Å². The number of nitrogens with one attached hydrogen (secondary N) is 1. The van der Waals surface area contributed by atoms with Gasteiger partial charge in [0.2, 0.25) is 5.91 Å². The fraction of sp³-hybridized carbons (Fsp3) is 0.533. The molecule has 1 aliphatic rings.